The van der Waals surface area contributed by atoms with Crippen LogP contribution in [0.2, 0.25) is 0 Å². The number of hydrogen-bond donors (Lipinski definition) is 1. The van der Waals surface area contributed by atoms with Crippen LogP contribution in [-0.2, 0) is 0 Å². The lowest BCUT2D eigenvalue weighted by atomic mass is 10.0. The van der Waals surface area contributed by atoms with Gasteiger partial charge in [-0.05, 0) is 24.3 Å². The topological polar surface area (TPSA) is 49.8 Å². The molecule has 1 aliphatic rings. The Kier molecular flexibility index (Phi) is 4.22. The Morgan fingerprint density at radius 2 is 1.70 bits per heavy atom. The molecule has 0 aliphatic carbocycles. The van der Waals surface area contributed by atoms with Crippen molar-refractivity contribution in [2.45, 2.75) is 24.6 Å². The van der Waals surface area contributed by atoms with E-state index in [4.69, 9.17) is 0 Å². The minimum absolute atomic E-state index is 0.106. The zero-order valence-electron chi connectivity index (χ0n) is 11.4. The van der Waals surface area contributed by atoms with Crippen molar-refractivity contribution in [2.75, 3.05) is 13.1 Å². The van der Waals surface area contributed by atoms with Gasteiger partial charge in [0.1, 0.15) is 5.75 Å². The molecule has 1 fully saturated rings. The molecule has 23 heavy (non-hydrogen) atoms. The van der Waals surface area contributed by atoms with Crippen LogP contribution < -0.4 is 4.74 Å². The lowest BCUT2D eigenvalue weighted by Gasteiger charge is -2.25. The molecule has 1 atom stereocenters. The number of alkyl halides is 6. The fourth-order valence-corrected chi connectivity index (χ4v) is 2.18. The summed E-state index contributed by atoms with van der Waals surface area (Å²) < 4.78 is 77.7. The van der Waals surface area contributed by atoms with Crippen molar-refractivity contribution in [3.8, 4) is 5.75 Å². The molecular formula is C13H11F6NO3. The second-order valence-electron chi connectivity index (χ2n) is 5.08. The third kappa shape index (κ3) is 3.87. The summed E-state index contributed by atoms with van der Waals surface area (Å²) in [6.07, 6.45) is -10.4. The third-order valence-corrected chi connectivity index (χ3v) is 3.40. The zero-order valence-corrected chi connectivity index (χ0v) is 11.4. The van der Waals surface area contributed by atoms with Crippen LogP contribution in [0.3, 0.4) is 0 Å². The maximum atomic E-state index is 12.7. The molecule has 1 aromatic carbocycles. The molecule has 0 saturated carbocycles. The van der Waals surface area contributed by atoms with Gasteiger partial charge in [-0.2, -0.15) is 13.2 Å². The Morgan fingerprint density at radius 1 is 1.13 bits per heavy atom. The number of amides is 1. The predicted octanol–water partition coefficient (Wildman–Crippen LogP) is 2.72. The number of hydrogen-bond acceptors (Lipinski definition) is 3. The van der Waals surface area contributed by atoms with Crippen molar-refractivity contribution in [1.82, 2.24) is 4.90 Å². The van der Waals surface area contributed by atoms with Crippen LogP contribution in [0.5, 0.6) is 5.75 Å². The van der Waals surface area contributed by atoms with Crippen LogP contribution in [0.1, 0.15) is 16.8 Å². The summed E-state index contributed by atoms with van der Waals surface area (Å²) in [5, 5.41) is 9.50. The number of carbonyl (C=O) groups is 1. The molecule has 0 spiro atoms. The Labute approximate surface area is 126 Å². The first-order chi connectivity index (χ1) is 10.4. The molecule has 2 rings (SSSR count). The number of benzene rings is 1. The van der Waals surface area contributed by atoms with Gasteiger partial charge >= 0.3 is 12.5 Å². The van der Waals surface area contributed by atoms with E-state index in [1.165, 1.54) is 0 Å². The maximum Gasteiger partial charge on any atom is 0.573 e. The summed E-state index contributed by atoms with van der Waals surface area (Å²) in [7, 11) is 0. The van der Waals surface area contributed by atoms with E-state index in [0.717, 1.165) is 29.2 Å². The Bertz CT molecular complexity index is 583. The van der Waals surface area contributed by atoms with Gasteiger partial charge in [-0.15, -0.1) is 13.2 Å². The van der Waals surface area contributed by atoms with Crippen molar-refractivity contribution >= 4 is 5.91 Å². The van der Waals surface area contributed by atoms with Crippen LogP contribution in [0.15, 0.2) is 24.3 Å². The number of ether oxygens (including phenoxy) is 1. The summed E-state index contributed by atoms with van der Waals surface area (Å²) in [5.41, 5.74) is -3.08. The highest BCUT2D eigenvalue weighted by Gasteiger charge is 2.57. The number of nitrogens with zero attached hydrogens (tertiary/aromatic N) is 1. The van der Waals surface area contributed by atoms with Crippen LogP contribution in [0.4, 0.5) is 26.3 Å². The lowest BCUT2D eigenvalue weighted by molar-refractivity contribution is -0.274. The smallest absolute Gasteiger partial charge is 0.406 e. The van der Waals surface area contributed by atoms with E-state index in [9.17, 15) is 36.2 Å². The number of aliphatic hydroxyl groups is 1. The highest BCUT2D eigenvalue weighted by atomic mass is 19.4. The van der Waals surface area contributed by atoms with Gasteiger partial charge < -0.3 is 14.7 Å². The van der Waals surface area contributed by atoms with E-state index >= 15 is 0 Å². The van der Waals surface area contributed by atoms with Gasteiger partial charge in [0.25, 0.3) is 5.91 Å². The Hall–Kier alpha value is -1.97. The van der Waals surface area contributed by atoms with Crippen molar-refractivity contribution in [3.05, 3.63) is 29.8 Å². The summed E-state index contributed by atoms with van der Waals surface area (Å²) >= 11 is 0. The average Bonchev–Trinajstić information content (AvgIpc) is 2.80. The second kappa shape index (κ2) is 5.59. The van der Waals surface area contributed by atoms with E-state index in [1.807, 2.05) is 0 Å². The summed E-state index contributed by atoms with van der Waals surface area (Å²) in [5.74, 6) is -1.37. The molecule has 0 radical (unpaired) electrons. The van der Waals surface area contributed by atoms with E-state index < -0.39 is 42.8 Å². The van der Waals surface area contributed by atoms with Crippen LogP contribution in [0, 0.1) is 0 Å². The molecule has 0 aromatic heterocycles. The SMILES string of the molecule is O=C(c1ccc(OC(F)(F)F)cc1)N1CC[C@](O)(C(F)(F)F)C1. The first kappa shape index (κ1) is 17.4. The first-order valence-corrected chi connectivity index (χ1v) is 6.35. The normalized spacial score (nSPS) is 22.3. The van der Waals surface area contributed by atoms with Crippen LogP contribution >= 0.6 is 0 Å². The maximum absolute atomic E-state index is 12.7. The fourth-order valence-electron chi connectivity index (χ4n) is 2.18. The van der Waals surface area contributed by atoms with Gasteiger partial charge in [0.15, 0.2) is 5.60 Å². The highest BCUT2D eigenvalue weighted by molar-refractivity contribution is 5.94. The largest absolute Gasteiger partial charge is 0.573 e. The predicted molar refractivity (Wildman–Crippen MR) is 64.7 cm³/mol. The molecule has 4 nitrogen and oxygen atoms in total. The standard InChI is InChI=1S/C13H11F6NO3/c14-12(15,16)11(22)5-6-20(7-11)10(21)8-1-3-9(4-2-8)23-13(17,18)19/h1-4,22H,5-7H2/t11-/m1/s1. The molecular weight excluding hydrogens is 332 g/mol. The lowest BCUT2D eigenvalue weighted by Crippen LogP contribution is -2.48. The van der Waals surface area contributed by atoms with Crippen molar-refractivity contribution in [3.63, 3.8) is 0 Å². The molecule has 1 aliphatic heterocycles. The highest BCUT2D eigenvalue weighted by Crippen LogP contribution is 2.38. The minimum atomic E-state index is -4.89. The number of halogens is 6. The number of likely N-dealkylation sites (tertiary alicyclic amines) is 1. The van der Waals surface area contributed by atoms with Crippen molar-refractivity contribution < 1.29 is 41.0 Å². The second-order valence-corrected chi connectivity index (χ2v) is 5.08. The van der Waals surface area contributed by atoms with Gasteiger partial charge in [-0.25, -0.2) is 0 Å². The average molecular weight is 343 g/mol. The molecule has 0 unspecified atom stereocenters. The quantitative estimate of drug-likeness (QED) is 0.840. The molecule has 1 aromatic rings. The molecule has 1 saturated heterocycles. The number of carbonyl (C=O) groups excluding carboxylic acids is 1. The first-order valence-electron chi connectivity index (χ1n) is 6.35. The zero-order chi connectivity index (χ0) is 17.5. The molecule has 1 amide bonds. The third-order valence-electron chi connectivity index (χ3n) is 3.40. The van der Waals surface area contributed by atoms with Gasteiger partial charge in [0.05, 0.1) is 6.54 Å². The van der Waals surface area contributed by atoms with Gasteiger partial charge in [-0.3, -0.25) is 4.79 Å². The van der Waals surface area contributed by atoms with Gasteiger partial charge in [0.2, 0.25) is 0 Å². The van der Waals surface area contributed by atoms with Gasteiger partial charge in [-0.1, -0.05) is 0 Å². The summed E-state index contributed by atoms with van der Waals surface area (Å²) in [6.45, 7) is -1.23. The minimum Gasteiger partial charge on any atom is -0.406 e. The van der Waals surface area contributed by atoms with E-state index in [-0.39, 0.29) is 12.1 Å². The van der Waals surface area contributed by atoms with E-state index in [2.05, 4.69) is 4.74 Å². The Morgan fingerprint density at radius 3 is 2.13 bits per heavy atom. The van der Waals surface area contributed by atoms with E-state index in [0.29, 0.717) is 0 Å². The van der Waals surface area contributed by atoms with Crippen molar-refractivity contribution in [2.24, 2.45) is 0 Å². The molecule has 1 N–H and O–H groups in total. The molecule has 128 valence electrons. The van der Waals surface area contributed by atoms with E-state index in [1.54, 1.807) is 0 Å². The fraction of sp³-hybridized carbons (Fsp3) is 0.462. The van der Waals surface area contributed by atoms with Crippen molar-refractivity contribution in [1.29, 1.82) is 0 Å². The van der Waals surface area contributed by atoms with Gasteiger partial charge in [0, 0.05) is 18.5 Å². The molecule has 1 heterocycles. The number of rotatable bonds is 2. The van der Waals surface area contributed by atoms with Crippen LogP contribution in [0.25, 0.3) is 0 Å². The number of β-amino-alcohol motifs (C(OH)–C–C–N with tert-alkyl or cyclic N) is 1. The summed E-state index contributed by atoms with van der Waals surface area (Å²) in [4.78, 5) is 12.8. The monoisotopic (exact) mass is 343 g/mol. The van der Waals surface area contributed by atoms with Crippen LogP contribution in [-0.4, -0.2) is 47.1 Å². The summed E-state index contributed by atoms with van der Waals surface area (Å²) in [6, 6.07) is 3.78. The molecule has 0 bridgehead atoms. The Balaban J connectivity index is 2.07. The molecule has 10 heteroatoms.